The second-order valence-corrected chi connectivity index (χ2v) is 9.09. The topological polar surface area (TPSA) is 93.2 Å². The van der Waals surface area contributed by atoms with E-state index in [1.165, 1.54) is 18.2 Å². The highest BCUT2D eigenvalue weighted by Gasteiger charge is 2.67. The van der Waals surface area contributed by atoms with Crippen LogP contribution >= 0.6 is 0 Å². The van der Waals surface area contributed by atoms with Crippen molar-refractivity contribution in [3.8, 4) is 17.6 Å². The van der Waals surface area contributed by atoms with Crippen molar-refractivity contribution in [2.45, 2.75) is 28.8 Å². The monoisotopic (exact) mass is 388 g/mol. The Kier molecular flexibility index (Phi) is 3.37. The molecule has 2 N–H and O–H groups in total. The molecule has 1 aliphatic carbocycles. The van der Waals surface area contributed by atoms with E-state index in [0.717, 1.165) is 19.1 Å². The maximum absolute atomic E-state index is 15.3. The van der Waals surface area contributed by atoms with Crippen LogP contribution in [0.2, 0.25) is 0 Å². The summed E-state index contributed by atoms with van der Waals surface area (Å²) < 4.78 is 59.8. The van der Waals surface area contributed by atoms with Gasteiger partial charge in [-0.2, -0.15) is 5.26 Å². The molecule has 2 unspecified atom stereocenters. The molecule has 0 aromatic heterocycles. The number of nitrogens with zero attached hydrogens (tertiary/aromatic N) is 1. The molecule has 0 radical (unpaired) electrons. The smallest absolute Gasteiger partial charge is 0.234 e. The molecule has 4 rings (SSSR count). The average molecular weight is 388 g/mol. The number of sulfone groups is 1. The van der Waals surface area contributed by atoms with Crippen LogP contribution in [0.4, 0.5) is 8.78 Å². The first kappa shape index (κ1) is 17.6. The maximum Gasteiger partial charge on any atom is 0.234 e. The second-order valence-electron chi connectivity index (χ2n) is 6.87. The fraction of sp³-hybridized carbons (Fsp3) is 0.211. The van der Waals surface area contributed by atoms with Crippen LogP contribution in [0.1, 0.15) is 30.0 Å². The quantitative estimate of drug-likeness (QED) is 0.849. The Balaban J connectivity index is 1.93. The van der Waals surface area contributed by atoms with Gasteiger partial charge in [-0.3, -0.25) is 0 Å². The molecule has 2 aromatic rings. The Morgan fingerprint density at radius 1 is 1.33 bits per heavy atom. The van der Waals surface area contributed by atoms with E-state index >= 15 is 4.39 Å². The number of alkyl halides is 1. The minimum Gasteiger partial charge on any atom is -0.457 e. The highest BCUT2D eigenvalue weighted by molar-refractivity contribution is 7.93. The summed E-state index contributed by atoms with van der Waals surface area (Å²) in [6, 6.07) is 7.90. The van der Waals surface area contributed by atoms with E-state index in [4.69, 9.17) is 15.7 Å². The van der Waals surface area contributed by atoms with Crippen molar-refractivity contribution in [2.24, 2.45) is 5.73 Å². The number of hydrogen-bond acceptors (Lipinski definition) is 5. The number of ether oxygens (including phenoxy) is 1. The summed E-state index contributed by atoms with van der Waals surface area (Å²) in [6.07, 6.45) is -0.0888. The molecular weight excluding hydrogens is 374 g/mol. The molecule has 1 heterocycles. The molecule has 0 bridgehead atoms. The van der Waals surface area contributed by atoms with Gasteiger partial charge >= 0.3 is 0 Å². The fourth-order valence-electron chi connectivity index (χ4n) is 3.82. The molecule has 5 nitrogen and oxygen atoms in total. The number of nitriles is 1. The van der Waals surface area contributed by atoms with Crippen molar-refractivity contribution >= 4 is 15.4 Å². The van der Waals surface area contributed by atoms with Gasteiger partial charge in [0.15, 0.2) is 0 Å². The van der Waals surface area contributed by atoms with Crippen LogP contribution in [0, 0.1) is 17.1 Å². The number of nitrogens with two attached hydrogens (primary N) is 1. The molecule has 27 heavy (non-hydrogen) atoms. The first-order valence-electron chi connectivity index (χ1n) is 7.99. The Morgan fingerprint density at radius 2 is 2.04 bits per heavy atom. The summed E-state index contributed by atoms with van der Waals surface area (Å²) in [5.41, 5.74) is 5.39. The van der Waals surface area contributed by atoms with Crippen molar-refractivity contribution in [1.82, 2.24) is 0 Å². The largest absolute Gasteiger partial charge is 0.457 e. The van der Waals surface area contributed by atoms with Crippen molar-refractivity contribution in [2.75, 3.05) is 0 Å². The van der Waals surface area contributed by atoms with E-state index in [1.54, 1.807) is 0 Å². The summed E-state index contributed by atoms with van der Waals surface area (Å²) >= 11 is 0. The van der Waals surface area contributed by atoms with Crippen LogP contribution < -0.4 is 10.5 Å². The molecule has 2 aliphatic rings. The molecule has 0 fully saturated rings. The van der Waals surface area contributed by atoms with Crippen LogP contribution in [0.3, 0.4) is 0 Å². The normalized spacial score (nSPS) is 27.3. The fourth-order valence-corrected chi connectivity index (χ4v) is 5.69. The minimum absolute atomic E-state index is 0.0499. The Hall–Kier alpha value is -2.76. The standard InChI is InChI=1S/C19H14F2N2O3S/c1-10-8-19(23)17-15(27(24,25)18(19,2)21)4-3-14(16(10)17)26-13-6-11(9-22)5-12(20)7-13/h3-7H,1,8,23H2,2H3. The van der Waals surface area contributed by atoms with Crippen LogP contribution in [-0.4, -0.2) is 13.4 Å². The molecule has 8 heteroatoms. The van der Waals surface area contributed by atoms with Crippen molar-refractivity contribution in [1.29, 1.82) is 5.26 Å². The zero-order valence-electron chi connectivity index (χ0n) is 14.2. The zero-order chi connectivity index (χ0) is 19.8. The van der Waals surface area contributed by atoms with Crippen LogP contribution in [0.25, 0.3) is 5.57 Å². The van der Waals surface area contributed by atoms with Gasteiger partial charge in [-0.1, -0.05) is 6.58 Å². The first-order valence-corrected chi connectivity index (χ1v) is 9.48. The molecule has 0 saturated carbocycles. The maximum atomic E-state index is 15.3. The van der Waals surface area contributed by atoms with E-state index in [-0.39, 0.29) is 33.9 Å². The van der Waals surface area contributed by atoms with Crippen LogP contribution in [0.5, 0.6) is 11.5 Å². The Bertz CT molecular complexity index is 1180. The first-order chi connectivity index (χ1) is 12.5. The molecule has 2 aromatic carbocycles. The van der Waals surface area contributed by atoms with E-state index in [2.05, 4.69) is 6.58 Å². The lowest BCUT2D eigenvalue weighted by molar-refractivity contribution is 0.174. The third-order valence-corrected chi connectivity index (χ3v) is 7.53. The van der Waals surface area contributed by atoms with Gasteiger partial charge in [0.25, 0.3) is 0 Å². The predicted octanol–water partition coefficient (Wildman–Crippen LogP) is 3.53. The average Bonchev–Trinajstić information content (AvgIpc) is 2.92. The highest BCUT2D eigenvalue weighted by atomic mass is 32.2. The SMILES string of the molecule is C=C1CC2(N)c3c(ccc(Oc4cc(F)cc(C#N)c4)c31)S(=O)(=O)C2(C)F. The minimum atomic E-state index is -4.28. The molecule has 0 spiro atoms. The van der Waals surface area contributed by atoms with Gasteiger partial charge in [0.05, 0.1) is 22.1 Å². The van der Waals surface area contributed by atoms with E-state index < -0.39 is 26.2 Å². The summed E-state index contributed by atoms with van der Waals surface area (Å²) in [5, 5.41) is 6.27. The highest BCUT2D eigenvalue weighted by Crippen LogP contribution is 2.61. The molecular formula is C19H14F2N2O3S. The lowest BCUT2D eigenvalue weighted by atomic mass is 9.88. The molecule has 2 atom stereocenters. The van der Waals surface area contributed by atoms with Crippen LogP contribution in [0.15, 0.2) is 41.8 Å². The Morgan fingerprint density at radius 3 is 2.70 bits per heavy atom. The van der Waals surface area contributed by atoms with Gasteiger partial charge in [-0.25, -0.2) is 17.2 Å². The second kappa shape index (κ2) is 5.15. The predicted molar refractivity (Wildman–Crippen MR) is 93.8 cm³/mol. The molecule has 138 valence electrons. The van der Waals surface area contributed by atoms with E-state index in [9.17, 15) is 12.8 Å². The summed E-state index contributed by atoms with van der Waals surface area (Å²) in [7, 11) is -4.28. The van der Waals surface area contributed by atoms with Crippen molar-refractivity contribution in [3.63, 3.8) is 0 Å². The Labute approximate surface area is 154 Å². The van der Waals surface area contributed by atoms with Gasteiger partial charge in [0.1, 0.15) is 17.3 Å². The number of hydrogen-bond donors (Lipinski definition) is 1. The van der Waals surface area contributed by atoms with Crippen LogP contribution in [-0.2, 0) is 15.4 Å². The molecule has 0 saturated heterocycles. The van der Waals surface area contributed by atoms with E-state index in [1.807, 2.05) is 6.07 Å². The number of halogens is 2. The summed E-state index contributed by atoms with van der Waals surface area (Å²) in [6.45, 7) is 4.84. The summed E-state index contributed by atoms with van der Waals surface area (Å²) in [5.74, 6) is -0.435. The summed E-state index contributed by atoms with van der Waals surface area (Å²) in [4.78, 5) is -0.187. The zero-order valence-corrected chi connectivity index (χ0v) is 15.0. The van der Waals surface area contributed by atoms with Gasteiger partial charge in [0.2, 0.25) is 14.8 Å². The molecule has 1 aliphatic heterocycles. The molecule has 0 amide bonds. The van der Waals surface area contributed by atoms with Gasteiger partial charge < -0.3 is 10.5 Å². The lowest BCUT2D eigenvalue weighted by Gasteiger charge is -2.30. The third-order valence-electron chi connectivity index (χ3n) is 5.24. The lowest BCUT2D eigenvalue weighted by Crippen LogP contribution is -2.51. The number of rotatable bonds is 2. The van der Waals surface area contributed by atoms with Crippen molar-refractivity contribution < 1.29 is 21.9 Å². The van der Waals surface area contributed by atoms with Crippen molar-refractivity contribution in [3.05, 3.63) is 59.4 Å². The van der Waals surface area contributed by atoms with Gasteiger partial charge in [0, 0.05) is 17.2 Å². The van der Waals surface area contributed by atoms with Gasteiger partial charge in [-0.15, -0.1) is 0 Å². The van der Waals surface area contributed by atoms with Gasteiger partial charge in [-0.05, 0) is 43.2 Å². The van der Waals surface area contributed by atoms with E-state index in [0.29, 0.717) is 11.1 Å². The third kappa shape index (κ3) is 2.07. The number of benzene rings is 2.